The van der Waals surface area contributed by atoms with Crippen molar-refractivity contribution in [3.63, 3.8) is 0 Å². The van der Waals surface area contributed by atoms with E-state index in [9.17, 15) is 10.2 Å². The van der Waals surface area contributed by atoms with Gasteiger partial charge in [-0.15, -0.1) is 0 Å². The molecule has 0 aromatic rings. The second-order valence-corrected chi connectivity index (χ2v) is 14.6. The van der Waals surface area contributed by atoms with Crippen molar-refractivity contribution in [1.29, 1.82) is 0 Å². The number of aliphatic hydroxyl groups excluding tert-OH is 1. The number of rotatable bonds is 8. The van der Waals surface area contributed by atoms with E-state index < -0.39 is 11.2 Å². The molecule has 4 rings (SSSR count). The lowest BCUT2D eigenvalue weighted by molar-refractivity contribution is -0.251. The molecule has 4 saturated carbocycles. The minimum atomic E-state index is -0.827. The maximum Gasteiger partial charge on any atom is 0.0944 e. The second-order valence-electron chi connectivity index (χ2n) is 14.6. The van der Waals surface area contributed by atoms with Crippen molar-refractivity contribution in [3.05, 3.63) is 0 Å². The summed E-state index contributed by atoms with van der Waals surface area (Å²) in [5.41, 5.74) is -0.644. The zero-order valence-electron chi connectivity index (χ0n) is 23.5. The minimum Gasteiger partial charge on any atom is -0.394 e. The van der Waals surface area contributed by atoms with Crippen LogP contribution in [0.4, 0.5) is 0 Å². The van der Waals surface area contributed by atoms with Crippen molar-refractivity contribution in [2.75, 3.05) is 13.2 Å². The smallest absolute Gasteiger partial charge is 0.0944 e. The van der Waals surface area contributed by atoms with Gasteiger partial charge in [-0.3, -0.25) is 0 Å². The van der Waals surface area contributed by atoms with Gasteiger partial charge in [0.05, 0.1) is 24.4 Å². The van der Waals surface area contributed by atoms with Gasteiger partial charge in [0.2, 0.25) is 0 Å². The molecule has 0 aromatic heterocycles. The molecule has 10 atom stereocenters. The molecule has 0 heterocycles. The fraction of sp³-hybridized carbons (Fsp3) is 1.00. The normalized spacial score (nSPS) is 49.4. The summed E-state index contributed by atoms with van der Waals surface area (Å²) in [6.07, 6.45) is 14.2. The van der Waals surface area contributed by atoms with Gasteiger partial charge in [-0.2, -0.15) is 0 Å². The first kappa shape index (κ1) is 26.9. The third kappa shape index (κ3) is 4.43. The van der Waals surface area contributed by atoms with E-state index in [2.05, 4.69) is 41.5 Å². The molecule has 3 heteroatoms. The molecule has 0 bridgehead atoms. The first-order chi connectivity index (χ1) is 15.9. The van der Waals surface area contributed by atoms with Crippen LogP contribution in [0, 0.1) is 52.3 Å². The molecule has 0 aromatic carbocycles. The molecule has 2 unspecified atom stereocenters. The van der Waals surface area contributed by atoms with E-state index in [0.29, 0.717) is 17.9 Å². The predicted molar refractivity (Wildman–Crippen MR) is 141 cm³/mol. The predicted octanol–water partition coefficient (Wildman–Crippen LogP) is 7.24. The van der Waals surface area contributed by atoms with Crippen LogP contribution < -0.4 is 0 Å². The average Bonchev–Trinajstić information content (AvgIpc) is 3.10. The van der Waals surface area contributed by atoms with Crippen molar-refractivity contribution in [3.8, 4) is 0 Å². The summed E-state index contributed by atoms with van der Waals surface area (Å²) in [4.78, 5) is 0. The molecule has 0 aliphatic heterocycles. The van der Waals surface area contributed by atoms with E-state index in [4.69, 9.17) is 4.74 Å². The summed E-state index contributed by atoms with van der Waals surface area (Å²) < 4.78 is 6.24. The lowest BCUT2D eigenvalue weighted by Gasteiger charge is -2.65. The number of fused-ring (bicyclic) bond motifs is 5. The molecule has 34 heavy (non-hydrogen) atoms. The SMILES string of the molecule is CC(C)CCC[C@@H](C)[C@H]1CC[C@H]2C3CC[C@H]4C[C@@](C)(O)[C@@](C)(OCCO)C[C@]4(C)C3CC[C@]12C. The zero-order valence-corrected chi connectivity index (χ0v) is 23.5. The van der Waals surface area contributed by atoms with E-state index in [-0.39, 0.29) is 12.0 Å². The Balaban J connectivity index is 1.52. The lowest BCUT2D eigenvalue weighted by Crippen LogP contribution is -2.65. The summed E-state index contributed by atoms with van der Waals surface area (Å²) in [7, 11) is 0. The fourth-order valence-corrected chi connectivity index (χ4v) is 10.3. The van der Waals surface area contributed by atoms with Crippen LogP contribution >= 0.6 is 0 Å². The molecule has 0 amide bonds. The van der Waals surface area contributed by atoms with Crippen LogP contribution in [0.1, 0.15) is 119 Å². The highest BCUT2D eigenvalue weighted by Crippen LogP contribution is 2.70. The molecule has 4 aliphatic rings. The van der Waals surface area contributed by atoms with Gasteiger partial charge in [0, 0.05) is 0 Å². The van der Waals surface area contributed by atoms with Gasteiger partial charge in [0.1, 0.15) is 0 Å². The summed E-state index contributed by atoms with van der Waals surface area (Å²) in [6, 6.07) is 0. The van der Waals surface area contributed by atoms with E-state index in [1.54, 1.807) is 0 Å². The summed E-state index contributed by atoms with van der Waals surface area (Å²) in [5.74, 6) is 5.66. The monoisotopic (exact) mass is 476 g/mol. The van der Waals surface area contributed by atoms with Crippen LogP contribution in [0.2, 0.25) is 0 Å². The highest BCUT2D eigenvalue weighted by Gasteiger charge is 2.65. The third-order valence-electron chi connectivity index (χ3n) is 12.3. The topological polar surface area (TPSA) is 49.7 Å². The van der Waals surface area contributed by atoms with Crippen LogP contribution in [0.5, 0.6) is 0 Å². The number of hydrogen-bond donors (Lipinski definition) is 2. The Hall–Kier alpha value is -0.120. The Morgan fingerprint density at radius 3 is 2.26 bits per heavy atom. The van der Waals surface area contributed by atoms with Crippen molar-refractivity contribution in [1.82, 2.24) is 0 Å². The van der Waals surface area contributed by atoms with E-state index >= 15 is 0 Å². The summed E-state index contributed by atoms with van der Waals surface area (Å²) in [6.45, 7) is 17.0. The van der Waals surface area contributed by atoms with Gasteiger partial charge in [0.15, 0.2) is 0 Å². The minimum absolute atomic E-state index is 0.0229. The molecule has 198 valence electrons. The Morgan fingerprint density at radius 2 is 1.59 bits per heavy atom. The number of aliphatic hydroxyl groups is 2. The van der Waals surface area contributed by atoms with Crippen LogP contribution in [-0.2, 0) is 4.74 Å². The Morgan fingerprint density at radius 1 is 0.882 bits per heavy atom. The van der Waals surface area contributed by atoms with Crippen molar-refractivity contribution in [2.24, 2.45) is 52.3 Å². The maximum atomic E-state index is 11.5. The van der Waals surface area contributed by atoms with Gasteiger partial charge in [-0.1, -0.05) is 53.9 Å². The Bertz CT molecular complexity index is 703. The van der Waals surface area contributed by atoms with Crippen LogP contribution in [0.25, 0.3) is 0 Å². The number of ether oxygens (including phenoxy) is 1. The molecule has 2 N–H and O–H groups in total. The molecular formula is C31H56O3. The van der Waals surface area contributed by atoms with Gasteiger partial charge in [-0.25, -0.2) is 0 Å². The van der Waals surface area contributed by atoms with Gasteiger partial charge >= 0.3 is 0 Å². The molecular weight excluding hydrogens is 420 g/mol. The summed E-state index contributed by atoms with van der Waals surface area (Å²) >= 11 is 0. The molecule has 0 saturated heterocycles. The zero-order chi connectivity index (χ0) is 24.9. The van der Waals surface area contributed by atoms with Gasteiger partial charge in [0.25, 0.3) is 0 Å². The number of hydrogen-bond acceptors (Lipinski definition) is 3. The molecule has 4 fully saturated rings. The van der Waals surface area contributed by atoms with E-state index in [1.165, 1.54) is 57.8 Å². The Labute approximate surface area is 210 Å². The maximum absolute atomic E-state index is 11.5. The van der Waals surface area contributed by atoms with Crippen molar-refractivity contribution < 1.29 is 14.9 Å². The standard InChI is InChI=1S/C31H56O3/c1-21(2)9-8-10-22(3)25-13-14-26-24-12-11-23-19-30(6,33)31(7,34-18-17-32)20-29(23,5)27(24)15-16-28(25,26)4/h21-27,32-33H,8-20H2,1-7H3/t22-,23+,24?,25-,26+,27?,28-,29+,30-,31+/m1/s1. The Kier molecular flexibility index (Phi) is 7.63. The van der Waals surface area contributed by atoms with Crippen LogP contribution in [-0.4, -0.2) is 34.6 Å². The van der Waals surface area contributed by atoms with Gasteiger partial charge in [-0.05, 0) is 117 Å². The van der Waals surface area contributed by atoms with Gasteiger partial charge < -0.3 is 14.9 Å². The molecule has 0 spiro atoms. The fourth-order valence-electron chi connectivity index (χ4n) is 10.3. The van der Waals surface area contributed by atoms with E-state index in [0.717, 1.165) is 48.3 Å². The third-order valence-corrected chi connectivity index (χ3v) is 12.3. The second kappa shape index (κ2) is 9.64. The summed E-state index contributed by atoms with van der Waals surface area (Å²) in [5, 5.41) is 20.9. The van der Waals surface area contributed by atoms with E-state index in [1.807, 2.05) is 6.92 Å². The molecule has 3 nitrogen and oxygen atoms in total. The van der Waals surface area contributed by atoms with Crippen molar-refractivity contribution in [2.45, 2.75) is 130 Å². The first-order valence-corrected chi connectivity index (χ1v) is 14.8. The quantitative estimate of drug-likeness (QED) is 0.388. The lowest BCUT2D eigenvalue weighted by atomic mass is 9.42. The highest BCUT2D eigenvalue weighted by atomic mass is 16.5. The average molecular weight is 477 g/mol. The van der Waals surface area contributed by atoms with Crippen molar-refractivity contribution >= 4 is 0 Å². The first-order valence-electron chi connectivity index (χ1n) is 14.8. The van der Waals surface area contributed by atoms with Crippen LogP contribution in [0.15, 0.2) is 0 Å². The molecule has 4 aliphatic carbocycles. The highest BCUT2D eigenvalue weighted by molar-refractivity contribution is 5.15. The van der Waals surface area contributed by atoms with Crippen LogP contribution in [0.3, 0.4) is 0 Å². The largest absolute Gasteiger partial charge is 0.394 e. The molecule has 0 radical (unpaired) electrons.